The Morgan fingerprint density at radius 1 is 1.17 bits per heavy atom. The van der Waals surface area contributed by atoms with Gasteiger partial charge in [-0.3, -0.25) is 9.69 Å². The van der Waals surface area contributed by atoms with E-state index in [1.54, 1.807) is 6.20 Å². The van der Waals surface area contributed by atoms with Gasteiger partial charge in [-0.2, -0.15) is 0 Å². The van der Waals surface area contributed by atoms with Gasteiger partial charge < -0.3 is 9.73 Å². The van der Waals surface area contributed by atoms with E-state index in [4.69, 9.17) is 4.42 Å². The molecule has 1 saturated carbocycles. The number of nitrogens with zero attached hydrogens (tertiary/aromatic N) is 2. The number of piperidine rings is 1. The smallest absolute Gasteiger partial charge is 0.223 e. The number of rotatable bonds is 5. The Bertz CT molecular complexity index is 686. The lowest BCUT2D eigenvalue weighted by molar-refractivity contribution is -0.123. The first kappa shape index (κ1) is 15.4. The van der Waals surface area contributed by atoms with Crippen LogP contribution in [0.5, 0.6) is 0 Å². The summed E-state index contributed by atoms with van der Waals surface area (Å²) in [6.07, 6.45) is 5.94. The maximum atomic E-state index is 11.8. The third-order valence-electron chi connectivity index (χ3n) is 4.85. The van der Waals surface area contributed by atoms with Crippen molar-refractivity contribution in [2.45, 2.75) is 38.3 Å². The number of amides is 1. The molecule has 5 nitrogen and oxygen atoms in total. The van der Waals surface area contributed by atoms with Crippen molar-refractivity contribution >= 4 is 5.91 Å². The molecule has 24 heavy (non-hydrogen) atoms. The molecule has 1 amide bonds. The van der Waals surface area contributed by atoms with E-state index in [1.165, 1.54) is 0 Å². The Balaban J connectivity index is 1.28. The molecule has 2 heterocycles. The zero-order valence-corrected chi connectivity index (χ0v) is 13.8. The zero-order valence-electron chi connectivity index (χ0n) is 13.8. The lowest BCUT2D eigenvalue weighted by atomic mass is 10.0. The Morgan fingerprint density at radius 3 is 2.62 bits per heavy atom. The van der Waals surface area contributed by atoms with Crippen molar-refractivity contribution in [1.29, 1.82) is 0 Å². The van der Waals surface area contributed by atoms with Crippen LogP contribution in [0.25, 0.3) is 11.3 Å². The molecule has 0 atom stereocenters. The maximum Gasteiger partial charge on any atom is 0.223 e. The average Bonchev–Trinajstić information content (AvgIpc) is 3.37. The summed E-state index contributed by atoms with van der Waals surface area (Å²) < 4.78 is 5.88. The normalized spacial score (nSPS) is 19.3. The molecule has 1 aliphatic heterocycles. The van der Waals surface area contributed by atoms with Crippen LogP contribution in [-0.2, 0) is 11.3 Å². The number of hydrogen-bond donors (Lipinski definition) is 1. The molecule has 0 unspecified atom stereocenters. The van der Waals surface area contributed by atoms with E-state index < -0.39 is 0 Å². The van der Waals surface area contributed by atoms with Gasteiger partial charge in [0.05, 0.1) is 12.7 Å². The first-order valence-corrected chi connectivity index (χ1v) is 8.81. The third-order valence-corrected chi connectivity index (χ3v) is 4.85. The number of hydrogen-bond acceptors (Lipinski definition) is 4. The molecule has 1 aliphatic carbocycles. The summed E-state index contributed by atoms with van der Waals surface area (Å²) in [6, 6.07) is 10.4. The second kappa shape index (κ2) is 6.77. The molecule has 0 spiro atoms. The fraction of sp³-hybridized carbons (Fsp3) is 0.474. The Labute approximate surface area is 142 Å². The topological polar surface area (TPSA) is 58.4 Å². The van der Waals surface area contributed by atoms with Gasteiger partial charge in [0.1, 0.15) is 0 Å². The van der Waals surface area contributed by atoms with Gasteiger partial charge in [0.15, 0.2) is 5.76 Å². The van der Waals surface area contributed by atoms with Crippen LogP contribution in [0.3, 0.4) is 0 Å². The molecule has 0 radical (unpaired) electrons. The highest BCUT2D eigenvalue weighted by molar-refractivity contribution is 5.81. The highest BCUT2D eigenvalue weighted by Gasteiger charge is 2.31. The van der Waals surface area contributed by atoms with Crippen LogP contribution in [0.4, 0.5) is 0 Å². The van der Waals surface area contributed by atoms with E-state index in [0.717, 1.165) is 62.5 Å². The minimum Gasteiger partial charge on any atom is -0.439 e. The molecule has 1 saturated heterocycles. The predicted octanol–water partition coefficient (Wildman–Crippen LogP) is 2.83. The lowest BCUT2D eigenvalue weighted by Crippen LogP contribution is -2.44. The summed E-state index contributed by atoms with van der Waals surface area (Å²) in [6.45, 7) is 2.67. The van der Waals surface area contributed by atoms with Gasteiger partial charge in [-0.1, -0.05) is 30.3 Å². The summed E-state index contributed by atoms with van der Waals surface area (Å²) in [5.41, 5.74) is 1.05. The number of nitrogens with one attached hydrogen (secondary N) is 1. The average molecular weight is 325 g/mol. The van der Waals surface area contributed by atoms with Gasteiger partial charge >= 0.3 is 0 Å². The SMILES string of the molecule is O=C(NC1CCN(Cc2ncc(-c3ccccc3)o2)CC1)C1CC1. The second-order valence-corrected chi connectivity index (χ2v) is 6.82. The van der Waals surface area contributed by atoms with Crippen LogP contribution in [-0.4, -0.2) is 34.9 Å². The van der Waals surface area contributed by atoms with Crippen LogP contribution >= 0.6 is 0 Å². The molecule has 0 bridgehead atoms. The number of oxazole rings is 1. The number of carbonyl (C=O) groups is 1. The van der Waals surface area contributed by atoms with Crippen molar-refractivity contribution in [3.8, 4) is 11.3 Å². The standard InChI is InChI=1S/C19H23N3O2/c23-19(15-6-7-15)21-16-8-10-22(11-9-16)13-18-20-12-17(24-18)14-4-2-1-3-5-14/h1-5,12,15-16H,6-11,13H2,(H,21,23). The number of carbonyl (C=O) groups excluding carboxylic acids is 1. The molecule has 2 aromatic rings. The Morgan fingerprint density at radius 2 is 1.92 bits per heavy atom. The Hall–Kier alpha value is -2.14. The van der Waals surface area contributed by atoms with Crippen molar-refractivity contribution < 1.29 is 9.21 Å². The molecular weight excluding hydrogens is 302 g/mol. The monoisotopic (exact) mass is 325 g/mol. The van der Waals surface area contributed by atoms with Crippen LogP contribution in [0, 0.1) is 5.92 Å². The molecule has 126 valence electrons. The largest absolute Gasteiger partial charge is 0.439 e. The molecule has 2 aliphatic rings. The van der Waals surface area contributed by atoms with Crippen molar-refractivity contribution in [1.82, 2.24) is 15.2 Å². The Kier molecular flexibility index (Phi) is 4.34. The van der Waals surface area contributed by atoms with Gasteiger partial charge in [0.25, 0.3) is 0 Å². The van der Waals surface area contributed by atoms with Gasteiger partial charge in [0, 0.05) is 30.6 Å². The molecule has 1 aromatic carbocycles. The van der Waals surface area contributed by atoms with E-state index in [1.807, 2.05) is 30.3 Å². The molecule has 1 N–H and O–H groups in total. The molecule has 1 aromatic heterocycles. The maximum absolute atomic E-state index is 11.8. The minimum atomic E-state index is 0.258. The molecule has 2 fully saturated rings. The predicted molar refractivity (Wildman–Crippen MR) is 91.1 cm³/mol. The van der Waals surface area contributed by atoms with Crippen molar-refractivity contribution in [2.24, 2.45) is 5.92 Å². The van der Waals surface area contributed by atoms with Gasteiger partial charge in [-0.05, 0) is 25.7 Å². The molecular formula is C19H23N3O2. The first-order chi connectivity index (χ1) is 11.8. The van der Waals surface area contributed by atoms with Crippen molar-refractivity contribution in [3.05, 3.63) is 42.4 Å². The van der Waals surface area contributed by atoms with E-state index in [2.05, 4.69) is 15.2 Å². The zero-order chi connectivity index (χ0) is 16.4. The fourth-order valence-corrected chi connectivity index (χ4v) is 3.21. The van der Waals surface area contributed by atoms with Crippen LogP contribution in [0.1, 0.15) is 31.6 Å². The van der Waals surface area contributed by atoms with Gasteiger partial charge in [0.2, 0.25) is 11.8 Å². The van der Waals surface area contributed by atoms with E-state index in [0.29, 0.717) is 12.0 Å². The number of aromatic nitrogens is 1. The number of likely N-dealkylation sites (tertiary alicyclic amines) is 1. The quantitative estimate of drug-likeness (QED) is 0.918. The molecule has 5 heteroatoms. The highest BCUT2D eigenvalue weighted by atomic mass is 16.4. The third kappa shape index (κ3) is 3.67. The second-order valence-electron chi connectivity index (χ2n) is 6.82. The fourth-order valence-electron chi connectivity index (χ4n) is 3.21. The van der Waals surface area contributed by atoms with E-state index in [9.17, 15) is 4.79 Å². The van der Waals surface area contributed by atoms with Crippen LogP contribution in [0.2, 0.25) is 0 Å². The van der Waals surface area contributed by atoms with Gasteiger partial charge in [-0.25, -0.2) is 4.98 Å². The first-order valence-electron chi connectivity index (χ1n) is 8.81. The van der Waals surface area contributed by atoms with Crippen LogP contribution in [0.15, 0.2) is 40.9 Å². The summed E-state index contributed by atoms with van der Waals surface area (Å²) in [7, 11) is 0. The number of benzene rings is 1. The molecule has 4 rings (SSSR count). The van der Waals surface area contributed by atoms with Crippen molar-refractivity contribution in [3.63, 3.8) is 0 Å². The van der Waals surface area contributed by atoms with Crippen molar-refractivity contribution in [2.75, 3.05) is 13.1 Å². The van der Waals surface area contributed by atoms with Gasteiger partial charge in [-0.15, -0.1) is 0 Å². The van der Waals surface area contributed by atoms with E-state index in [-0.39, 0.29) is 5.91 Å². The van der Waals surface area contributed by atoms with E-state index >= 15 is 0 Å². The summed E-state index contributed by atoms with van der Waals surface area (Å²) in [5.74, 6) is 2.13. The minimum absolute atomic E-state index is 0.258. The summed E-state index contributed by atoms with van der Waals surface area (Å²) in [5, 5.41) is 3.19. The highest BCUT2D eigenvalue weighted by Crippen LogP contribution is 2.29. The lowest BCUT2D eigenvalue weighted by Gasteiger charge is -2.31. The summed E-state index contributed by atoms with van der Waals surface area (Å²) >= 11 is 0. The summed E-state index contributed by atoms with van der Waals surface area (Å²) in [4.78, 5) is 18.6. The van der Waals surface area contributed by atoms with Crippen LogP contribution < -0.4 is 5.32 Å².